The molecule has 3 aromatic rings. The lowest BCUT2D eigenvalue weighted by Gasteiger charge is -2.09. The first-order valence-corrected chi connectivity index (χ1v) is 8.56. The van der Waals surface area contributed by atoms with Gasteiger partial charge in [0.25, 0.3) is 0 Å². The number of benzene rings is 2. The predicted molar refractivity (Wildman–Crippen MR) is 99.3 cm³/mol. The van der Waals surface area contributed by atoms with Crippen LogP contribution in [0, 0.1) is 0 Å². The van der Waals surface area contributed by atoms with Crippen LogP contribution in [0.3, 0.4) is 0 Å². The first-order chi connectivity index (χ1) is 11.3. The molecule has 2 heteroatoms. The fraction of sp³-hybridized carbons (Fsp3) is 0.286. The predicted octanol–water partition coefficient (Wildman–Crippen LogP) is 6.10. The van der Waals surface area contributed by atoms with Crippen LogP contribution in [0.5, 0.6) is 0 Å². The highest BCUT2D eigenvalue weighted by molar-refractivity contribution is 5.86. The van der Waals surface area contributed by atoms with Crippen molar-refractivity contribution in [2.75, 3.05) is 5.32 Å². The number of rotatable bonds is 7. The fourth-order valence-corrected chi connectivity index (χ4v) is 2.87. The largest absolute Gasteiger partial charge is 0.340 e. The van der Waals surface area contributed by atoms with Gasteiger partial charge in [-0.25, -0.2) is 4.98 Å². The van der Waals surface area contributed by atoms with Crippen LogP contribution >= 0.6 is 0 Å². The molecule has 0 bridgehead atoms. The number of hydrogen-bond acceptors (Lipinski definition) is 2. The summed E-state index contributed by atoms with van der Waals surface area (Å²) < 4.78 is 0. The molecule has 0 radical (unpaired) electrons. The summed E-state index contributed by atoms with van der Waals surface area (Å²) in [4.78, 5) is 4.45. The van der Waals surface area contributed by atoms with Crippen LogP contribution in [-0.2, 0) is 6.42 Å². The molecular formula is C21H24N2. The van der Waals surface area contributed by atoms with Crippen molar-refractivity contribution < 1.29 is 0 Å². The maximum Gasteiger partial charge on any atom is 0.130 e. The van der Waals surface area contributed by atoms with Crippen molar-refractivity contribution in [2.45, 2.75) is 39.0 Å². The van der Waals surface area contributed by atoms with E-state index < -0.39 is 0 Å². The lowest BCUT2D eigenvalue weighted by atomic mass is 10.1. The van der Waals surface area contributed by atoms with Crippen LogP contribution in [0.15, 0.2) is 60.8 Å². The van der Waals surface area contributed by atoms with E-state index in [-0.39, 0.29) is 0 Å². The molecule has 3 rings (SSSR count). The van der Waals surface area contributed by atoms with Crippen molar-refractivity contribution in [3.8, 4) is 0 Å². The second kappa shape index (κ2) is 7.77. The van der Waals surface area contributed by atoms with Crippen LogP contribution in [0.4, 0.5) is 11.5 Å². The number of hydrogen-bond donors (Lipinski definition) is 1. The van der Waals surface area contributed by atoms with E-state index in [1.807, 2.05) is 6.20 Å². The summed E-state index contributed by atoms with van der Waals surface area (Å²) in [5.41, 5.74) is 2.44. The van der Waals surface area contributed by atoms with Crippen LogP contribution in [0.25, 0.3) is 10.8 Å². The number of unbranched alkanes of at least 4 members (excludes halogenated alkanes) is 3. The molecule has 1 heterocycles. The van der Waals surface area contributed by atoms with Crippen molar-refractivity contribution in [1.82, 2.24) is 4.98 Å². The second-order valence-electron chi connectivity index (χ2n) is 6.05. The fourth-order valence-electron chi connectivity index (χ4n) is 2.87. The van der Waals surface area contributed by atoms with Gasteiger partial charge in [-0.1, -0.05) is 56.5 Å². The number of nitrogens with zero attached hydrogens (tertiary/aromatic N) is 1. The second-order valence-corrected chi connectivity index (χ2v) is 6.05. The van der Waals surface area contributed by atoms with Gasteiger partial charge in [-0.15, -0.1) is 0 Å². The Kier molecular flexibility index (Phi) is 5.25. The summed E-state index contributed by atoms with van der Waals surface area (Å²) in [6, 6.07) is 19.1. The van der Waals surface area contributed by atoms with Crippen molar-refractivity contribution in [2.24, 2.45) is 0 Å². The van der Waals surface area contributed by atoms with Crippen molar-refractivity contribution in [3.05, 3.63) is 66.4 Å². The highest BCUT2D eigenvalue weighted by Gasteiger charge is 2.00. The molecule has 0 saturated heterocycles. The van der Waals surface area contributed by atoms with E-state index in [4.69, 9.17) is 0 Å². The molecule has 0 aliphatic heterocycles. The van der Waals surface area contributed by atoms with Crippen LogP contribution < -0.4 is 5.32 Å². The van der Waals surface area contributed by atoms with E-state index in [1.54, 1.807) is 0 Å². The summed E-state index contributed by atoms with van der Waals surface area (Å²) in [6.45, 7) is 2.25. The topological polar surface area (TPSA) is 24.9 Å². The number of pyridine rings is 1. The average Bonchev–Trinajstić information content (AvgIpc) is 2.59. The Morgan fingerprint density at radius 1 is 0.870 bits per heavy atom. The quantitative estimate of drug-likeness (QED) is 0.533. The first kappa shape index (κ1) is 15.5. The molecule has 0 atom stereocenters. The van der Waals surface area contributed by atoms with Gasteiger partial charge in [0.15, 0.2) is 0 Å². The summed E-state index contributed by atoms with van der Waals surface area (Å²) >= 11 is 0. The maximum absolute atomic E-state index is 4.45. The van der Waals surface area contributed by atoms with E-state index in [0.29, 0.717) is 0 Å². The van der Waals surface area contributed by atoms with Gasteiger partial charge in [0.1, 0.15) is 5.82 Å². The molecule has 0 saturated carbocycles. The zero-order valence-corrected chi connectivity index (χ0v) is 13.8. The zero-order chi connectivity index (χ0) is 15.9. The Bertz CT molecular complexity index is 764. The average molecular weight is 304 g/mol. The van der Waals surface area contributed by atoms with Gasteiger partial charge in [-0.3, -0.25) is 0 Å². The lowest BCUT2D eigenvalue weighted by Crippen LogP contribution is -1.95. The molecular weight excluding hydrogens is 280 g/mol. The van der Waals surface area contributed by atoms with E-state index in [2.05, 4.69) is 71.8 Å². The minimum Gasteiger partial charge on any atom is -0.340 e. The van der Waals surface area contributed by atoms with Gasteiger partial charge in [0.05, 0.1) is 0 Å². The van der Waals surface area contributed by atoms with E-state index in [0.717, 1.165) is 17.9 Å². The van der Waals surface area contributed by atoms with Gasteiger partial charge < -0.3 is 5.32 Å². The minimum absolute atomic E-state index is 0.924. The Hall–Kier alpha value is -2.35. The van der Waals surface area contributed by atoms with Crippen molar-refractivity contribution >= 4 is 22.3 Å². The molecule has 0 unspecified atom stereocenters. The van der Waals surface area contributed by atoms with Gasteiger partial charge in [-0.2, -0.15) is 0 Å². The zero-order valence-electron chi connectivity index (χ0n) is 13.8. The van der Waals surface area contributed by atoms with Gasteiger partial charge >= 0.3 is 0 Å². The van der Waals surface area contributed by atoms with Gasteiger partial charge in [-0.05, 0) is 53.4 Å². The van der Waals surface area contributed by atoms with E-state index >= 15 is 0 Å². The molecule has 0 spiro atoms. The standard InChI is InChI=1S/C21H24N2/c1-2-3-4-5-8-17-13-14-22-21(15-17)23-20-12-11-18-9-6-7-10-19(18)16-20/h6-7,9-16H,2-5,8H2,1H3,(H,22,23). The summed E-state index contributed by atoms with van der Waals surface area (Å²) in [6.07, 6.45) is 8.21. The van der Waals surface area contributed by atoms with E-state index in [9.17, 15) is 0 Å². The summed E-state index contributed by atoms with van der Waals surface area (Å²) in [7, 11) is 0. The lowest BCUT2D eigenvalue weighted by molar-refractivity contribution is 0.666. The summed E-state index contributed by atoms with van der Waals surface area (Å²) in [5, 5.41) is 5.93. The number of aryl methyl sites for hydroxylation is 1. The first-order valence-electron chi connectivity index (χ1n) is 8.56. The van der Waals surface area contributed by atoms with Gasteiger partial charge in [0, 0.05) is 11.9 Å². The number of nitrogens with one attached hydrogen (secondary N) is 1. The van der Waals surface area contributed by atoms with Crippen molar-refractivity contribution in [3.63, 3.8) is 0 Å². The monoisotopic (exact) mass is 304 g/mol. The van der Waals surface area contributed by atoms with Gasteiger partial charge in [0.2, 0.25) is 0 Å². The van der Waals surface area contributed by atoms with Crippen LogP contribution in [0.1, 0.15) is 38.2 Å². The van der Waals surface area contributed by atoms with Crippen molar-refractivity contribution in [1.29, 1.82) is 0 Å². The van der Waals surface area contributed by atoms with E-state index in [1.165, 1.54) is 42.0 Å². The maximum atomic E-state index is 4.45. The molecule has 1 N–H and O–H groups in total. The molecule has 0 amide bonds. The van der Waals surface area contributed by atoms with Crippen LogP contribution in [0.2, 0.25) is 0 Å². The molecule has 118 valence electrons. The Balaban J connectivity index is 1.68. The third-order valence-corrected chi connectivity index (χ3v) is 4.17. The number of aromatic nitrogens is 1. The molecule has 0 fully saturated rings. The molecule has 2 aromatic carbocycles. The Morgan fingerprint density at radius 2 is 1.74 bits per heavy atom. The smallest absolute Gasteiger partial charge is 0.130 e. The molecule has 0 aliphatic rings. The van der Waals surface area contributed by atoms with Crippen LogP contribution in [-0.4, -0.2) is 4.98 Å². The minimum atomic E-state index is 0.924. The third kappa shape index (κ3) is 4.32. The Morgan fingerprint density at radius 3 is 2.61 bits per heavy atom. The number of anilines is 2. The third-order valence-electron chi connectivity index (χ3n) is 4.17. The molecule has 1 aromatic heterocycles. The summed E-state index contributed by atoms with van der Waals surface area (Å²) in [5.74, 6) is 0.924. The molecule has 23 heavy (non-hydrogen) atoms. The molecule has 0 aliphatic carbocycles. The molecule has 2 nitrogen and oxygen atoms in total. The SMILES string of the molecule is CCCCCCc1ccnc(Nc2ccc3ccccc3c2)c1. The number of fused-ring (bicyclic) bond motifs is 1. The Labute approximate surface area is 138 Å². The normalized spacial score (nSPS) is 10.8. The highest BCUT2D eigenvalue weighted by Crippen LogP contribution is 2.22. The highest BCUT2D eigenvalue weighted by atomic mass is 15.0.